The molecule has 1 unspecified atom stereocenters. The fraction of sp³-hybridized carbons (Fsp3) is 0.500. The summed E-state index contributed by atoms with van der Waals surface area (Å²) < 4.78 is 5.28. The largest absolute Gasteiger partial charge is 0.397 e. The van der Waals surface area contributed by atoms with Gasteiger partial charge in [0.1, 0.15) is 0 Å². The van der Waals surface area contributed by atoms with E-state index in [-0.39, 0.29) is 18.6 Å². The van der Waals surface area contributed by atoms with Crippen LogP contribution in [-0.2, 0) is 4.74 Å². The first-order chi connectivity index (χ1) is 9.54. The third kappa shape index (κ3) is 2.86. The van der Waals surface area contributed by atoms with Gasteiger partial charge in [0.2, 0.25) is 0 Å². The van der Waals surface area contributed by atoms with Gasteiger partial charge in [0.15, 0.2) is 0 Å². The van der Waals surface area contributed by atoms with Gasteiger partial charge in [-0.1, -0.05) is 0 Å². The number of ether oxygens (including phenoxy) is 1. The van der Waals surface area contributed by atoms with Crippen LogP contribution in [0, 0.1) is 0 Å². The van der Waals surface area contributed by atoms with Gasteiger partial charge < -0.3 is 25.4 Å². The first-order valence-corrected chi connectivity index (χ1v) is 6.61. The molecule has 3 N–H and O–H groups in total. The minimum atomic E-state index is -0.286. The zero-order chi connectivity index (χ0) is 14.7. The second-order valence-corrected chi connectivity index (χ2v) is 5.08. The highest BCUT2D eigenvalue weighted by Gasteiger charge is 2.27. The van der Waals surface area contributed by atoms with Crippen molar-refractivity contribution in [1.29, 1.82) is 0 Å². The van der Waals surface area contributed by atoms with Crippen molar-refractivity contribution in [1.82, 2.24) is 4.90 Å². The van der Waals surface area contributed by atoms with Crippen molar-refractivity contribution in [2.45, 2.75) is 6.04 Å². The lowest BCUT2D eigenvalue weighted by Crippen LogP contribution is -2.50. The van der Waals surface area contributed by atoms with E-state index in [9.17, 15) is 9.90 Å². The second kappa shape index (κ2) is 6.11. The zero-order valence-corrected chi connectivity index (χ0v) is 11.9. The van der Waals surface area contributed by atoms with Gasteiger partial charge in [-0.2, -0.15) is 0 Å². The van der Waals surface area contributed by atoms with Crippen molar-refractivity contribution in [2.75, 3.05) is 51.1 Å². The summed E-state index contributed by atoms with van der Waals surface area (Å²) in [5.74, 6) is -0.121. The molecule has 1 heterocycles. The molecule has 1 aromatic rings. The van der Waals surface area contributed by atoms with Gasteiger partial charge in [0.05, 0.1) is 37.2 Å². The summed E-state index contributed by atoms with van der Waals surface area (Å²) in [7, 11) is 3.80. The highest BCUT2D eigenvalue weighted by atomic mass is 16.5. The van der Waals surface area contributed by atoms with Gasteiger partial charge in [0.25, 0.3) is 5.91 Å². The molecule has 1 atom stereocenters. The number of aliphatic hydroxyl groups is 1. The van der Waals surface area contributed by atoms with Crippen LogP contribution in [-0.4, -0.2) is 62.4 Å². The van der Waals surface area contributed by atoms with Crippen LogP contribution in [0.4, 0.5) is 11.4 Å². The average molecular weight is 279 g/mol. The molecule has 1 saturated heterocycles. The first kappa shape index (κ1) is 14.6. The lowest BCUT2D eigenvalue weighted by Gasteiger charge is -2.34. The Kier molecular flexibility index (Phi) is 4.46. The fourth-order valence-corrected chi connectivity index (χ4v) is 2.33. The van der Waals surface area contributed by atoms with Crippen molar-refractivity contribution >= 4 is 17.3 Å². The maximum Gasteiger partial charge on any atom is 0.254 e. The van der Waals surface area contributed by atoms with Crippen LogP contribution in [0.3, 0.4) is 0 Å². The topological polar surface area (TPSA) is 79.0 Å². The Morgan fingerprint density at radius 3 is 2.90 bits per heavy atom. The predicted octanol–water partition coefficient (Wildman–Crippen LogP) is 0.168. The number of anilines is 2. The molecule has 1 amide bonds. The molecule has 1 aliphatic heterocycles. The maximum atomic E-state index is 12.5. The number of amides is 1. The average Bonchev–Trinajstić information content (AvgIpc) is 2.45. The molecule has 6 nitrogen and oxygen atoms in total. The third-order valence-electron chi connectivity index (χ3n) is 3.46. The number of morpholine rings is 1. The Bertz CT molecular complexity index is 491. The van der Waals surface area contributed by atoms with Gasteiger partial charge in [-0.05, 0) is 18.2 Å². The molecular weight excluding hydrogens is 258 g/mol. The van der Waals surface area contributed by atoms with E-state index in [2.05, 4.69) is 0 Å². The number of benzene rings is 1. The smallest absolute Gasteiger partial charge is 0.254 e. The lowest BCUT2D eigenvalue weighted by molar-refractivity contribution is -0.0183. The molecule has 110 valence electrons. The number of hydrogen-bond donors (Lipinski definition) is 2. The summed E-state index contributed by atoms with van der Waals surface area (Å²) in [6.07, 6.45) is 0. The van der Waals surface area contributed by atoms with E-state index < -0.39 is 0 Å². The van der Waals surface area contributed by atoms with E-state index >= 15 is 0 Å². The number of nitrogen functional groups attached to an aromatic ring is 1. The van der Waals surface area contributed by atoms with Crippen LogP contribution >= 0.6 is 0 Å². The second-order valence-electron chi connectivity index (χ2n) is 5.08. The van der Waals surface area contributed by atoms with Gasteiger partial charge >= 0.3 is 0 Å². The molecule has 0 radical (unpaired) electrons. The van der Waals surface area contributed by atoms with Crippen molar-refractivity contribution in [3.05, 3.63) is 23.8 Å². The number of aliphatic hydroxyl groups excluding tert-OH is 1. The van der Waals surface area contributed by atoms with Crippen molar-refractivity contribution in [3.63, 3.8) is 0 Å². The van der Waals surface area contributed by atoms with Crippen LogP contribution in [0.1, 0.15) is 10.4 Å². The highest BCUT2D eigenvalue weighted by molar-refractivity contribution is 5.96. The summed E-state index contributed by atoms with van der Waals surface area (Å²) in [6, 6.07) is 4.99. The van der Waals surface area contributed by atoms with Gasteiger partial charge in [-0.3, -0.25) is 4.79 Å². The number of nitrogens with two attached hydrogens (primary N) is 1. The molecule has 0 aliphatic carbocycles. The van der Waals surface area contributed by atoms with E-state index in [1.807, 2.05) is 25.1 Å². The van der Waals surface area contributed by atoms with E-state index in [1.165, 1.54) is 0 Å². The van der Waals surface area contributed by atoms with Gasteiger partial charge in [-0.25, -0.2) is 0 Å². The molecule has 1 aliphatic rings. The summed E-state index contributed by atoms with van der Waals surface area (Å²) in [6.45, 7) is 1.25. The molecule has 1 aromatic carbocycles. The standard InChI is InChI=1S/C14H21N3O3/c1-16(2)13-4-3-10(7-12(13)15)14(19)17-5-6-20-9-11(17)8-18/h3-4,7,11,18H,5-6,8-9,15H2,1-2H3. The summed E-state index contributed by atoms with van der Waals surface area (Å²) in [4.78, 5) is 16.0. The third-order valence-corrected chi connectivity index (χ3v) is 3.46. The Balaban J connectivity index is 2.22. The Morgan fingerprint density at radius 1 is 1.55 bits per heavy atom. The minimum absolute atomic E-state index is 0.100. The fourth-order valence-electron chi connectivity index (χ4n) is 2.33. The lowest BCUT2D eigenvalue weighted by atomic mass is 10.1. The monoisotopic (exact) mass is 279 g/mol. The number of hydrogen-bond acceptors (Lipinski definition) is 5. The molecule has 20 heavy (non-hydrogen) atoms. The van der Waals surface area contributed by atoms with E-state index in [1.54, 1.807) is 17.0 Å². The Morgan fingerprint density at radius 2 is 2.30 bits per heavy atom. The van der Waals surface area contributed by atoms with Crippen molar-refractivity contribution in [2.24, 2.45) is 0 Å². The van der Waals surface area contributed by atoms with Crippen LogP contribution in [0.5, 0.6) is 0 Å². The minimum Gasteiger partial charge on any atom is -0.397 e. The highest BCUT2D eigenvalue weighted by Crippen LogP contribution is 2.23. The first-order valence-electron chi connectivity index (χ1n) is 6.61. The molecule has 0 aromatic heterocycles. The van der Waals surface area contributed by atoms with Crippen LogP contribution < -0.4 is 10.6 Å². The number of carbonyl (C=O) groups is 1. The van der Waals surface area contributed by atoms with E-state index in [0.29, 0.717) is 31.0 Å². The molecule has 0 saturated carbocycles. The predicted molar refractivity (Wildman–Crippen MR) is 77.9 cm³/mol. The molecule has 0 spiro atoms. The van der Waals surface area contributed by atoms with E-state index in [4.69, 9.17) is 10.5 Å². The van der Waals surface area contributed by atoms with E-state index in [0.717, 1.165) is 5.69 Å². The van der Waals surface area contributed by atoms with Crippen molar-refractivity contribution < 1.29 is 14.6 Å². The van der Waals surface area contributed by atoms with Gasteiger partial charge in [-0.15, -0.1) is 0 Å². The molecule has 0 bridgehead atoms. The van der Waals surface area contributed by atoms with Crippen LogP contribution in [0.2, 0.25) is 0 Å². The molecule has 2 rings (SSSR count). The normalized spacial score (nSPS) is 18.9. The summed E-state index contributed by atoms with van der Waals surface area (Å²) in [5.41, 5.74) is 7.95. The molecule has 1 fully saturated rings. The molecular formula is C14H21N3O3. The van der Waals surface area contributed by atoms with Crippen molar-refractivity contribution in [3.8, 4) is 0 Å². The van der Waals surface area contributed by atoms with Gasteiger partial charge in [0, 0.05) is 26.2 Å². The Hall–Kier alpha value is -1.79. The number of carbonyl (C=O) groups excluding carboxylic acids is 1. The SMILES string of the molecule is CN(C)c1ccc(C(=O)N2CCOCC2CO)cc1N. The number of rotatable bonds is 3. The molecule has 6 heteroatoms. The summed E-state index contributed by atoms with van der Waals surface area (Å²) in [5, 5.41) is 9.32. The van der Waals surface area contributed by atoms with Crippen LogP contribution in [0.15, 0.2) is 18.2 Å². The van der Waals surface area contributed by atoms with Crippen LogP contribution in [0.25, 0.3) is 0 Å². The maximum absolute atomic E-state index is 12.5. The Labute approximate surface area is 118 Å². The summed E-state index contributed by atoms with van der Waals surface area (Å²) >= 11 is 0. The number of nitrogens with zero attached hydrogens (tertiary/aromatic N) is 2. The quantitative estimate of drug-likeness (QED) is 0.771. The zero-order valence-electron chi connectivity index (χ0n) is 11.9.